The Morgan fingerprint density at radius 1 is 0.769 bits per heavy atom. The van der Waals surface area contributed by atoms with Gasteiger partial charge in [-0.15, -0.1) is 0 Å². The van der Waals surface area contributed by atoms with Crippen molar-refractivity contribution in [3.05, 3.63) is 98.5 Å². The zero-order chi connectivity index (χ0) is 18.4. The van der Waals surface area contributed by atoms with Crippen molar-refractivity contribution in [1.82, 2.24) is 5.32 Å². The lowest BCUT2D eigenvalue weighted by Gasteiger charge is -2.14. The van der Waals surface area contributed by atoms with Crippen molar-refractivity contribution in [2.24, 2.45) is 0 Å². The largest absolute Gasteiger partial charge is 0.488 e. The van der Waals surface area contributed by atoms with Crippen molar-refractivity contribution in [1.29, 1.82) is 0 Å². The molecule has 0 bridgehead atoms. The highest BCUT2D eigenvalue weighted by Crippen LogP contribution is 2.28. The molecule has 3 aromatic carbocycles. The summed E-state index contributed by atoms with van der Waals surface area (Å²) in [6, 6.07) is 21.2. The molecule has 0 atom stereocenters. The first-order chi connectivity index (χ1) is 12.6. The highest BCUT2D eigenvalue weighted by molar-refractivity contribution is 6.36. The molecule has 0 heterocycles. The maximum Gasteiger partial charge on any atom is 0.124 e. The van der Waals surface area contributed by atoms with Gasteiger partial charge in [-0.05, 0) is 35.9 Å². The van der Waals surface area contributed by atoms with Gasteiger partial charge >= 0.3 is 0 Å². The predicted octanol–water partition coefficient (Wildman–Crippen LogP) is 6.52. The van der Waals surface area contributed by atoms with E-state index >= 15 is 0 Å². The van der Waals surface area contributed by atoms with E-state index in [0.29, 0.717) is 28.2 Å². The van der Waals surface area contributed by atoms with Crippen LogP contribution in [0.4, 0.5) is 0 Å². The van der Waals surface area contributed by atoms with Crippen LogP contribution in [0.1, 0.15) is 16.7 Å². The van der Waals surface area contributed by atoms with Crippen LogP contribution in [-0.2, 0) is 19.7 Å². The van der Waals surface area contributed by atoms with Gasteiger partial charge in [-0.1, -0.05) is 71.2 Å². The van der Waals surface area contributed by atoms with Crippen LogP contribution in [0.5, 0.6) is 5.75 Å². The van der Waals surface area contributed by atoms with E-state index in [1.165, 1.54) is 5.56 Å². The molecule has 0 aliphatic rings. The topological polar surface area (TPSA) is 21.3 Å². The van der Waals surface area contributed by atoms with E-state index < -0.39 is 0 Å². The van der Waals surface area contributed by atoms with Gasteiger partial charge in [0.15, 0.2) is 0 Å². The maximum atomic E-state index is 6.21. The molecule has 0 spiro atoms. The molecule has 0 aliphatic carbocycles. The summed E-state index contributed by atoms with van der Waals surface area (Å²) < 4.78 is 5.98. The fourth-order valence-corrected chi connectivity index (χ4v) is 3.29. The van der Waals surface area contributed by atoms with Gasteiger partial charge in [0.05, 0.1) is 0 Å². The minimum atomic E-state index is 0.297. The Labute approximate surface area is 168 Å². The molecule has 3 rings (SSSR count). The van der Waals surface area contributed by atoms with E-state index in [0.717, 1.165) is 23.4 Å². The molecule has 0 unspecified atom stereocenters. The van der Waals surface area contributed by atoms with Crippen molar-refractivity contribution in [3.63, 3.8) is 0 Å². The predicted molar refractivity (Wildman–Crippen MR) is 109 cm³/mol. The van der Waals surface area contributed by atoms with Gasteiger partial charge in [0.1, 0.15) is 12.4 Å². The highest BCUT2D eigenvalue weighted by atomic mass is 35.5. The number of hydrogen-bond donors (Lipinski definition) is 1. The minimum absolute atomic E-state index is 0.297. The van der Waals surface area contributed by atoms with Gasteiger partial charge in [-0.25, -0.2) is 0 Å². The number of nitrogens with one attached hydrogen (secondary N) is 1. The lowest BCUT2D eigenvalue weighted by atomic mass is 10.1. The van der Waals surface area contributed by atoms with Crippen molar-refractivity contribution in [3.8, 4) is 5.75 Å². The number of hydrogen-bond acceptors (Lipinski definition) is 2. The zero-order valence-corrected chi connectivity index (χ0v) is 16.3. The van der Waals surface area contributed by atoms with E-state index in [-0.39, 0.29) is 0 Å². The Morgan fingerprint density at radius 2 is 1.50 bits per heavy atom. The van der Waals surface area contributed by atoms with Gasteiger partial charge in [0, 0.05) is 39.3 Å². The smallest absolute Gasteiger partial charge is 0.124 e. The molecule has 1 N–H and O–H groups in total. The van der Waals surface area contributed by atoms with E-state index in [9.17, 15) is 0 Å². The first-order valence-corrected chi connectivity index (χ1v) is 9.35. The summed E-state index contributed by atoms with van der Waals surface area (Å²) in [5.74, 6) is 0.756. The Bertz CT molecular complexity index is 848. The summed E-state index contributed by atoms with van der Waals surface area (Å²) in [5, 5.41) is 5.27. The molecular weight excluding hydrogens is 389 g/mol. The lowest BCUT2D eigenvalue weighted by Crippen LogP contribution is -2.13. The fourth-order valence-electron chi connectivity index (χ4n) is 2.58. The average molecular weight is 407 g/mol. The first-order valence-electron chi connectivity index (χ1n) is 8.22. The number of ether oxygens (including phenoxy) is 1. The molecule has 2 nitrogen and oxygen atoms in total. The molecule has 0 saturated carbocycles. The summed E-state index contributed by atoms with van der Waals surface area (Å²) in [4.78, 5) is 0. The van der Waals surface area contributed by atoms with Crippen molar-refractivity contribution >= 4 is 34.8 Å². The van der Waals surface area contributed by atoms with Crippen molar-refractivity contribution in [2.45, 2.75) is 19.7 Å². The van der Waals surface area contributed by atoms with E-state index in [1.54, 1.807) is 12.1 Å². The normalized spacial score (nSPS) is 10.7. The van der Waals surface area contributed by atoms with E-state index in [1.807, 2.05) is 42.5 Å². The molecule has 0 fully saturated rings. The van der Waals surface area contributed by atoms with Crippen molar-refractivity contribution in [2.75, 3.05) is 0 Å². The van der Waals surface area contributed by atoms with Gasteiger partial charge in [0.25, 0.3) is 0 Å². The monoisotopic (exact) mass is 405 g/mol. The molecule has 0 saturated heterocycles. The second-order valence-corrected chi connectivity index (χ2v) is 7.08. The maximum absolute atomic E-state index is 6.21. The number of benzene rings is 3. The standard InChI is InChI=1S/C21H18Cl3NO/c22-17-9-10-21(26-14-18-19(23)7-4-8-20(18)24)16(11-17)13-25-12-15-5-2-1-3-6-15/h1-11,25H,12-14H2. The molecule has 134 valence electrons. The van der Waals surface area contributed by atoms with Crippen molar-refractivity contribution < 1.29 is 4.74 Å². The van der Waals surface area contributed by atoms with Gasteiger partial charge in [-0.3, -0.25) is 0 Å². The van der Waals surface area contributed by atoms with Crippen LogP contribution in [0.25, 0.3) is 0 Å². The highest BCUT2D eigenvalue weighted by Gasteiger charge is 2.09. The number of halogens is 3. The summed E-state index contributed by atoms with van der Waals surface area (Å²) in [6.45, 7) is 1.70. The van der Waals surface area contributed by atoms with Gasteiger partial charge in [-0.2, -0.15) is 0 Å². The number of rotatable bonds is 7. The van der Waals surface area contributed by atoms with Crippen LogP contribution >= 0.6 is 34.8 Å². The Balaban J connectivity index is 1.67. The summed E-state index contributed by atoms with van der Waals surface area (Å²) >= 11 is 18.6. The zero-order valence-electron chi connectivity index (χ0n) is 14.0. The van der Waals surface area contributed by atoms with Crippen LogP contribution in [0.2, 0.25) is 15.1 Å². The van der Waals surface area contributed by atoms with Gasteiger partial charge in [0.2, 0.25) is 0 Å². The fraction of sp³-hybridized carbons (Fsp3) is 0.143. The van der Waals surface area contributed by atoms with Crippen LogP contribution < -0.4 is 10.1 Å². The second-order valence-electron chi connectivity index (χ2n) is 5.83. The second kappa shape index (κ2) is 9.29. The minimum Gasteiger partial charge on any atom is -0.488 e. The molecule has 0 aliphatic heterocycles. The molecule has 0 amide bonds. The third-order valence-electron chi connectivity index (χ3n) is 3.94. The van der Waals surface area contributed by atoms with E-state index in [4.69, 9.17) is 39.5 Å². The first kappa shape index (κ1) is 19.1. The van der Waals surface area contributed by atoms with Crippen LogP contribution in [0.15, 0.2) is 66.7 Å². The molecule has 26 heavy (non-hydrogen) atoms. The summed E-state index contributed by atoms with van der Waals surface area (Å²) in [5.41, 5.74) is 2.98. The Hall–Kier alpha value is -1.71. The summed E-state index contributed by atoms with van der Waals surface area (Å²) in [7, 11) is 0. The molecule has 0 radical (unpaired) electrons. The third-order valence-corrected chi connectivity index (χ3v) is 4.89. The lowest BCUT2D eigenvalue weighted by molar-refractivity contribution is 0.302. The van der Waals surface area contributed by atoms with E-state index in [2.05, 4.69) is 17.4 Å². The average Bonchev–Trinajstić information content (AvgIpc) is 2.64. The SMILES string of the molecule is Clc1ccc(OCc2c(Cl)cccc2Cl)c(CNCc2ccccc2)c1. The Morgan fingerprint density at radius 3 is 2.23 bits per heavy atom. The van der Waals surface area contributed by atoms with Crippen LogP contribution in [0, 0.1) is 0 Å². The molecule has 3 aromatic rings. The quantitative estimate of drug-likeness (QED) is 0.482. The molecule has 0 aromatic heterocycles. The Kier molecular flexibility index (Phi) is 6.81. The van der Waals surface area contributed by atoms with Crippen LogP contribution in [-0.4, -0.2) is 0 Å². The third kappa shape index (κ3) is 5.15. The van der Waals surface area contributed by atoms with Gasteiger partial charge < -0.3 is 10.1 Å². The summed E-state index contributed by atoms with van der Waals surface area (Å²) in [6.07, 6.45) is 0. The molecular formula is C21H18Cl3NO. The van der Waals surface area contributed by atoms with Crippen LogP contribution in [0.3, 0.4) is 0 Å². The molecule has 5 heteroatoms.